The summed E-state index contributed by atoms with van der Waals surface area (Å²) in [5, 5.41) is 12.1. The summed E-state index contributed by atoms with van der Waals surface area (Å²) >= 11 is 0. The zero-order valence-corrected chi connectivity index (χ0v) is 10.5. The lowest BCUT2D eigenvalue weighted by Crippen LogP contribution is -2.41. The number of hydrogen-bond donors (Lipinski definition) is 2. The lowest BCUT2D eigenvalue weighted by molar-refractivity contribution is 0.0233. The molecule has 1 aliphatic rings. The van der Waals surface area contributed by atoms with Crippen molar-refractivity contribution in [2.45, 2.75) is 44.9 Å². The van der Waals surface area contributed by atoms with Crippen LogP contribution in [-0.4, -0.2) is 54.0 Å². The Bertz CT molecular complexity index is 250. The number of aliphatic hydroxyl groups excluding tert-OH is 1. The molecular weight excluding hydrogens is 208 g/mol. The molecule has 1 aliphatic heterocycles. The largest absolute Gasteiger partial charge is 0.444 e. The van der Waals surface area contributed by atoms with Gasteiger partial charge in [0.15, 0.2) is 0 Å². The Hall–Kier alpha value is -0.810. The number of carbonyl (C=O) groups excluding carboxylic acids is 1. The zero-order chi connectivity index (χ0) is 12.3. The summed E-state index contributed by atoms with van der Waals surface area (Å²) in [5.74, 6) is 0. The number of ether oxygens (including phenoxy) is 1. The fraction of sp³-hybridized carbons (Fsp3) is 0.909. The van der Waals surface area contributed by atoms with E-state index in [-0.39, 0.29) is 24.8 Å². The maximum atomic E-state index is 11.8. The van der Waals surface area contributed by atoms with Crippen LogP contribution in [0.4, 0.5) is 4.79 Å². The number of nitrogens with one attached hydrogen (secondary N) is 1. The van der Waals surface area contributed by atoms with Gasteiger partial charge >= 0.3 is 6.09 Å². The van der Waals surface area contributed by atoms with Gasteiger partial charge in [-0.05, 0) is 27.2 Å². The minimum absolute atomic E-state index is 0.0925. The molecule has 0 spiro atoms. The van der Waals surface area contributed by atoms with Crippen molar-refractivity contribution >= 4 is 6.09 Å². The Kier molecular flexibility index (Phi) is 4.15. The van der Waals surface area contributed by atoms with Crippen molar-refractivity contribution in [3.8, 4) is 0 Å². The predicted octanol–water partition coefficient (Wildman–Crippen LogP) is 0.576. The van der Waals surface area contributed by atoms with Gasteiger partial charge in [0.05, 0.1) is 6.61 Å². The highest BCUT2D eigenvalue weighted by Gasteiger charge is 2.31. The van der Waals surface area contributed by atoms with Crippen LogP contribution in [0.3, 0.4) is 0 Å². The second-order valence-electron chi connectivity index (χ2n) is 5.27. The highest BCUT2D eigenvalue weighted by atomic mass is 16.6. The monoisotopic (exact) mass is 230 g/mol. The molecule has 1 amide bonds. The molecule has 2 unspecified atom stereocenters. The van der Waals surface area contributed by atoms with Crippen LogP contribution in [0.5, 0.6) is 0 Å². The maximum absolute atomic E-state index is 11.8. The Morgan fingerprint density at radius 3 is 2.62 bits per heavy atom. The van der Waals surface area contributed by atoms with Gasteiger partial charge in [-0.3, -0.25) is 0 Å². The number of amides is 1. The van der Waals surface area contributed by atoms with E-state index in [4.69, 9.17) is 9.84 Å². The number of nitrogens with zero attached hydrogens (tertiary/aromatic N) is 1. The average molecular weight is 230 g/mol. The molecule has 1 heterocycles. The first-order valence-electron chi connectivity index (χ1n) is 5.63. The first-order chi connectivity index (χ1) is 7.33. The van der Waals surface area contributed by atoms with Gasteiger partial charge < -0.3 is 20.1 Å². The number of rotatable bonds is 2. The molecule has 16 heavy (non-hydrogen) atoms. The Labute approximate surface area is 96.8 Å². The van der Waals surface area contributed by atoms with Crippen molar-refractivity contribution in [1.82, 2.24) is 10.2 Å². The molecule has 0 aromatic rings. The lowest BCUT2D eigenvalue weighted by atomic mass is 10.1. The van der Waals surface area contributed by atoms with Crippen molar-refractivity contribution in [3.63, 3.8) is 0 Å². The molecular formula is C11H22N2O3. The van der Waals surface area contributed by atoms with E-state index in [9.17, 15) is 4.79 Å². The van der Waals surface area contributed by atoms with E-state index >= 15 is 0 Å². The molecule has 0 aromatic carbocycles. The highest BCUT2D eigenvalue weighted by molar-refractivity contribution is 5.68. The summed E-state index contributed by atoms with van der Waals surface area (Å²) in [6.07, 6.45) is 0.463. The third-order valence-corrected chi connectivity index (χ3v) is 2.65. The van der Waals surface area contributed by atoms with Gasteiger partial charge in [0.25, 0.3) is 0 Å². The second-order valence-corrected chi connectivity index (χ2v) is 5.27. The van der Waals surface area contributed by atoms with E-state index in [1.807, 2.05) is 20.8 Å². The first-order valence-corrected chi connectivity index (χ1v) is 5.63. The molecule has 5 heteroatoms. The van der Waals surface area contributed by atoms with Crippen LogP contribution in [0.1, 0.15) is 27.2 Å². The molecule has 94 valence electrons. The topological polar surface area (TPSA) is 61.8 Å². The third kappa shape index (κ3) is 3.64. The molecule has 1 fully saturated rings. The number of aliphatic hydroxyl groups is 1. The Morgan fingerprint density at radius 1 is 1.56 bits per heavy atom. The van der Waals surface area contributed by atoms with Crippen LogP contribution < -0.4 is 5.32 Å². The fourth-order valence-electron chi connectivity index (χ4n) is 1.71. The molecule has 0 radical (unpaired) electrons. The van der Waals surface area contributed by atoms with Crippen molar-refractivity contribution in [1.29, 1.82) is 0 Å². The smallest absolute Gasteiger partial charge is 0.410 e. The van der Waals surface area contributed by atoms with Crippen LogP contribution in [-0.2, 0) is 4.74 Å². The summed E-state index contributed by atoms with van der Waals surface area (Å²) in [4.78, 5) is 13.4. The van der Waals surface area contributed by atoms with Crippen molar-refractivity contribution in [3.05, 3.63) is 0 Å². The molecule has 0 saturated carbocycles. The SMILES string of the molecule is CN(C(=O)OC(C)(C)C)C1CNC(CO)C1. The normalized spacial score (nSPS) is 25.6. The predicted molar refractivity (Wildman–Crippen MR) is 61.3 cm³/mol. The van der Waals surface area contributed by atoms with E-state index in [1.165, 1.54) is 0 Å². The van der Waals surface area contributed by atoms with Crippen LogP contribution in [0.25, 0.3) is 0 Å². The lowest BCUT2D eigenvalue weighted by Gasteiger charge is -2.28. The van der Waals surface area contributed by atoms with E-state index in [1.54, 1.807) is 11.9 Å². The molecule has 1 rings (SSSR count). The van der Waals surface area contributed by atoms with Crippen LogP contribution in [0.15, 0.2) is 0 Å². The second kappa shape index (κ2) is 5.01. The minimum atomic E-state index is -0.465. The molecule has 2 atom stereocenters. The van der Waals surface area contributed by atoms with E-state index in [0.717, 1.165) is 6.42 Å². The van der Waals surface area contributed by atoms with E-state index in [2.05, 4.69) is 5.32 Å². The molecule has 1 saturated heterocycles. The molecule has 2 N–H and O–H groups in total. The van der Waals surface area contributed by atoms with Crippen molar-refractivity contribution < 1.29 is 14.6 Å². The van der Waals surface area contributed by atoms with Gasteiger partial charge in [-0.25, -0.2) is 4.79 Å². The van der Waals surface area contributed by atoms with Crippen molar-refractivity contribution in [2.24, 2.45) is 0 Å². The standard InChI is InChI=1S/C11H22N2O3/c1-11(2,3)16-10(15)13(4)9-5-8(7-14)12-6-9/h8-9,12,14H,5-7H2,1-4H3. The summed E-state index contributed by atoms with van der Waals surface area (Å²) in [6, 6.07) is 0.196. The first kappa shape index (κ1) is 13.3. The number of carbonyl (C=O) groups is 1. The summed E-state index contributed by atoms with van der Waals surface area (Å²) in [5.41, 5.74) is -0.465. The fourth-order valence-corrected chi connectivity index (χ4v) is 1.71. The summed E-state index contributed by atoms with van der Waals surface area (Å²) in [6.45, 7) is 6.37. The quantitative estimate of drug-likeness (QED) is 0.728. The minimum Gasteiger partial charge on any atom is -0.444 e. The van der Waals surface area contributed by atoms with Crippen LogP contribution >= 0.6 is 0 Å². The van der Waals surface area contributed by atoms with Gasteiger partial charge in [-0.1, -0.05) is 0 Å². The van der Waals surface area contributed by atoms with E-state index < -0.39 is 5.60 Å². The molecule has 0 aliphatic carbocycles. The molecule has 0 bridgehead atoms. The van der Waals surface area contributed by atoms with Gasteiger partial charge in [-0.15, -0.1) is 0 Å². The highest BCUT2D eigenvalue weighted by Crippen LogP contribution is 2.15. The summed E-state index contributed by atoms with van der Waals surface area (Å²) < 4.78 is 5.28. The Morgan fingerprint density at radius 2 is 2.19 bits per heavy atom. The molecule has 5 nitrogen and oxygen atoms in total. The van der Waals surface area contributed by atoms with Gasteiger partial charge in [0.2, 0.25) is 0 Å². The average Bonchev–Trinajstić information content (AvgIpc) is 2.61. The van der Waals surface area contributed by atoms with Crippen molar-refractivity contribution in [2.75, 3.05) is 20.2 Å². The van der Waals surface area contributed by atoms with Crippen LogP contribution in [0.2, 0.25) is 0 Å². The third-order valence-electron chi connectivity index (χ3n) is 2.65. The molecule has 0 aromatic heterocycles. The number of hydrogen-bond acceptors (Lipinski definition) is 4. The number of likely N-dealkylation sites (N-methyl/N-ethyl adjacent to an activating group) is 1. The summed E-state index contributed by atoms with van der Waals surface area (Å²) in [7, 11) is 1.74. The van der Waals surface area contributed by atoms with E-state index in [0.29, 0.717) is 6.54 Å². The maximum Gasteiger partial charge on any atom is 0.410 e. The van der Waals surface area contributed by atoms with Crippen LogP contribution in [0, 0.1) is 0 Å². The Balaban J connectivity index is 2.46. The van der Waals surface area contributed by atoms with Gasteiger partial charge in [-0.2, -0.15) is 0 Å². The zero-order valence-electron chi connectivity index (χ0n) is 10.5. The van der Waals surface area contributed by atoms with Gasteiger partial charge in [0.1, 0.15) is 5.60 Å². The van der Waals surface area contributed by atoms with Gasteiger partial charge in [0, 0.05) is 25.7 Å².